The Balaban J connectivity index is 2.10. The zero-order chi connectivity index (χ0) is 10.6. The minimum absolute atomic E-state index is 0.0777. The average molecular weight is 204 g/mol. The number of hydrogen-bond donors (Lipinski definition) is 1. The van der Waals surface area contributed by atoms with Crippen molar-refractivity contribution >= 4 is 5.97 Å². The Morgan fingerprint density at radius 2 is 1.64 bits per heavy atom. The summed E-state index contributed by atoms with van der Waals surface area (Å²) >= 11 is 0. The second-order valence-electron chi connectivity index (χ2n) is 5.06. The Labute approximate surface area is 81.3 Å². The summed E-state index contributed by atoms with van der Waals surface area (Å²) in [4.78, 5) is 10.9. The van der Waals surface area contributed by atoms with Gasteiger partial charge < -0.3 is 5.11 Å². The summed E-state index contributed by atoms with van der Waals surface area (Å²) in [5.41, 5.74) is -0.758. The van der Waals surface area contributed by atoms with E-state index in [4.69, 9.17) is 5.11 Å². The first-order chi connectivity index (χ1) is 6.32. The molecule has 14 heavy (non-hydrogen) atoms. The van der Waals surface area contributed by atoms with Crippen molar-refractivity contribution in [1.82, 2.24) is 0 Å². The minimum Gasteiger partial charge on any atom is -0.481 e. The van der Waals surface area contributed by atoms with Crippen LogP contribution in [0.4, 0.5) is 8.78 Å². The van der Waals surface area contributed by atoms with E-state index in [0.29, 0.717) is 12.8 Å². The summed E-state index contributed by atoms with van der Waals surface area (Å²) in [6, 6.07) is 0. The molecule has 0 aromatic heterocycles. The van der Waals surface area contributed by atoms with E-state index >= 15 is 0 Å². The molecule has 0 amide bonds. The number of alkyl halides is 2. The van der Waals surface area contributed by atoms with Crippen molar-refractivity contribution in [1.29, 1.82) is 0 Å². The number of carboxylic acids is 1. The van der Waals surface area contributed by atoms with Crippen molar-refractivity contribution < 1.29 is 18.7 Å². The van der Waals surface area contributed by atoms with Gasteiger partial charge in [-0.05, 0) is 31.6 Å². The standard InChI is InChI=1S/C10H14F2O2/c1-9(8(13)14)2-6-4-10(11,12)5-7(6)3-9/h6-7H,2-5H2,1H3,(H,13,14)/t6-,7+,9-. The van der Waals surface area contributed by atoms with Crippen LogP contribution in [0.25, 0.3) is 0 Å². The first-order valence-electron chi connectivity index (χ1n) is 4.94. The molecule has 0 radical (unpaired) electrons. The average Bonchev–Trinajstić information content (AvgIpc) is 2.37. The monoisotopic (exact) mass is 204 g/mol. The van der Waals surface area contributed by atoms with Gasteiger partial charge in [-0.1, -0.05) is 0 Å². The van der Waals surface area contributed by atoms with Gasteiger partial charge in [0.15, 0.2) is 0 Å². The van der Waals surface area contributed by atoms with Crippen LogP contribution in [0.1, 0.15) is 32.6 Å². The second-order valence-corrected chi connectivity index (χ2v) is 5.06. The number of rotatable bonds is 1. The fourth-order valence-corrected chi connectivity index (χ4v) is 3.08. The van der Waals surface area contributed by atoms with E-state index in [9.17, 15) is 13.6 Å². The number of carbonyl (C=O) groups is 1. The normalized spacial score (nSPS) is 45.1. The highest BCUT2D eigenvalue weighted by atomic mass is 19.3. The third kappa shape index (κ3) is 1.41. The molecule has 2 saturated carbocycles. The molecule has 2 fully saturated rings. The summed E-state index contributed by atoms with van der Waals surface area (Å²) < 4.78 is 25.9. The number of aliphatic carboxylic acids is 1. The Hall–Kier alpha value is -0.670. The lowest BCUT2D eigenvalue weighted by atomic mass is 9.86. The Morgan fingerprint density at radius 3 is 2.00 bits per heavy atom. The smallest absolute Gasteiger partial charge is 0.309 e. The van der Waals surface area contributed by atoms with Gasteiger partial charge in [-0.25, -0.2) is 8.78 Å². The predicted octanol–water partition coefficient (Wildman–Crippen LogP) is 2.53. The lowest BCUT2D eigenvalue weighted by molar-refractivity contribution is -0.148. The highest BCUT2D eigenvalue weighted by molar-refractivity contribution is 5.74. The third-order valence-electron chi connectivity index (χ3n) is 3.73. The molecule has 80 valence electrons. The van der Waals surface area contributed by atoms with Gasteiger partial charge in [0.1, 0.15) is 0 Å². The Bertz CT molecular complexity index is 259. The first-order valence-corrected chi connectivity index (χ1v) is 4.94. The molecule has 0 unspecified atom stereocenters. The quantitative estimate of drug-likeness (QED) is 0.712. The van der Waals surface area contributed by atoms with Crippen molar-refractivity contribution in [2.45, 2.75) is 38.5 Å². The van der Waals surface area contributed by atoms with Crippen molar-refractivity contribution in [3.05, 3.63) is 0 Å². The van der Waals surface area contributed by atoms with E-state index in [1.807, 2.05) is 0 Å². The first kappa shape index (κ1) is 9.87. The number of hydrogen-bond acceptors (Lipinski definition) is 1. The summed E-state index contributed by atoms with van der Waals surface area (Å²) in [5, 5.41) is 8.97. The Morgan fingerprint density at radius 1 is 1.21 bits per heavy atom. The number of halogens is 2. The molecule has 2 aliphatic carbocycles. The Kier molecular flexibility index (Phi) is 1.88. The van der Waals surface area contributed by atoms with Crippen LogP contribution in [-0.4, -0.2) is 17.0 Å². The van der Waals surface area contributed by atoms with Gasteiger partial charge in [0.05, 0.1) is 5.41 Å². The van der Waals surface area contributed by atoms with Crippen LogP contribution >= 0.6 is 0 Å². The maximum atomic E-state index is 13.0. The highest BCUT2D eigenvalue weighted by Crippen LogP contribution is 2.57. The lowest BCUT2D eigenvalue weighted by Crippen LogP contribution is -2.26. The maximum absolute atomic E-state index is 13.0. The highest BCUT2D eigenvalue weighted by Gasteiger charge is 2.56. The molecular formula is C10H14F2O2. The lowest BCUT2D eigenvalue weighted by Gasteiger charge is -2.20. The van der Waals surface area contributed by atoms with Gasteiger partial charge >= 0.3 is 5.97 Å². The zero-order valence-corrected chi connectivity index (χ0v) is 8.09. The fourth-order valence-electron chi connectivity index (χ4n) is 3.08. The topological polar surface area (TPSA) is 37.3 Å². The zero-order valence-electron chi connectivity index (χ0n) is 8.09. The molecular weight excluding hydrogens is 190 g/mol. The molecule has 0 saturated heterocycles. The second kappa shape index (κ2) is 2.67. The third-order valence-corrected chi connectivity index (χ3v) is 3.73. The van der Waals surface area contributed by atoms with Crippen LogP contribution < -0.4 is 0 Å². The van der Waals surface area contributed by atoms with E-state index in [-0.39, 0.29) is 24.7 Å². The molecule has 2 rings (SSSR count). The summed E-state index contributed by atoms with van der Waals surface area (Å²) in [5.74, 6) is -3.54. The minimum atomic E-state index is -2.55. The van der Waals surface area contributed by atoms with Crippen LogP contribution in [0.15, 0.2) is 0 Å². The van der Waals surface area contributed by atoms with Gasteiger partial charge in [0, 0.05) is 12.8 Å². The van der Waals surface area contributed by atoms with Crippen molar-refractivity contribution in [2.75, 3.05) is 0 Å². The largest absolute Gasteiger partial charge is 0.481 e. The van der Waals surface area contributed by atoms with E-state index < -0.39 is 17.3 Å². The van der Waals surface area contributed by atoms with Crippen LogP contribution in [0.5, 0.6) is 0 Å². The van der Waals surface area contributed by atoms with E-state index in [2.05, 4.69) is 0 Å². The molecule has 0 aromatic rings. The van der Waals surface area contributed by atoms with Crippen molar-refractivity contribution in [3.63, 3.8) is 0 Å². The van der Waals surface area contributed by atoms with Crippen LogP contribution in [-0.2, 0) is 4.79 Å². The molecule has 0 aromatic carbocycles. The number of fused-ring (bicyclic) bond motifs is 1. The van der Waals surface area contributed by atoms with Crippen molar-refractivity contribution in [3.8, 4) is 0 Å². The van der Waals surface area contributed by atoms with E-state index in [1.54, 1.807) is 6.92 Å². The number of carboxylic acid groups (broad SMARTS) is 1. The van der Waals surface area contributed by atoms with Gasteiger partial charge in [0.2, 0.25) is 5.92 Å². The van der Waals surface area contributed by atoms with Crippen molar-refractivity contribution in [2.24, 2.45) is 17.3 Å². The van der Waals surface area contributed by atoms with Crippen LogP contribution in [0.2, 0.25) is 0 Å². The van der Waals surface area contributed by atoms with E-state index in [1.165, 1.54) is 0 Å². The maximum Gasteiger partial charge on any atom is 0.309 e. The molecule has 0 heterocycles. The molecule has 0 bridgehead atoms. The van der Waals surface area contributed by atoms with Crippen LogP contribution in [0, 0.1) is 17.3 Å². The molecule has 3 atom stereocenters. The molecule has 2 aliphatic rings. The van der Waals surface area contributed by atoms with Gasteiger partial charge in [-0.3, -0.25) is 4.79 Å². The summed E-state index contributed by atoms with van der Waals surface area (Å²) in [6.07, 6.45) is 0.617. The van der Waals surface area contributed by atoms with Crippen LogP contribution in [0.3, 0.4) is 0 Å². The molecule has 0 aliphatic heterocycles. The van der Waals surface area contributed by atoms with Gasteiger partial charge in [0.25, 0.3) is 0 Å². The molecule has 0 spiro atoms. The summed E-state index contributed by atoms with van der Waals surface area (Å²) in [7, 11) is 0. The summed E-state index contributed by atoms with van der Waals surface area (Å²) in [6.45, 7) is 1.67. The van der Waals surface area contributed by atoms with E-state index in [0.717, 1.165) is 0 Å². The fraction of sp³-hybridized carbons (Fsp3) is 0.900. The SMILES string of the molecule is C[C@]1(C(=O)O)C[C@H]2CC(F)(F)C[C@H]2C1. The molecule has 1 N–H and O–H groups in total. The van der Waals surface area contributed by atoms with Gasteiger partial charge in [-0.2, -0.15) is 0 Å². The molecule has 4 heteroatoms. The predicted molar refractivity (Wildman–Crippen MR) is 46.1 cm³/mol. The van der Waals surface area contributed by atoms with Gasteiger partial charge in [-0.15, -0.1) is 0 Å². The molecule has 2 nitrogen and oxygen atoms in total.